The third-order valence-corrected chi connectivity index (χ3v) is 5.14. The largest absolute Gasteiger partial charge is 0.497 e. The van der Waals surface area contributed by atoms with Crippen LogP contribution in [0.4, 0.5) is 24.7 Å². The minimum absolute atomic E-state index is 0.0556. The smallest absolute Gasteiger partial charge is 0.417 e. The van der Waals surface area contributed by atoms with Crippen molar-refractivity contribution >= 4 is 23.1 Å². The summed E-state index contributed by atoms with van der Waals surface area (Å²) in [4.78, 5) is 5.76. The number of nitrogens with zero attached hydrogens (tertiary/aromatic N) is 2. The maximum absolute atomic E-state index is 12.9. The van der Waals surface area contributed by atoms with Crippen molar-refractivity contribution in [1.29, 1.82) is 0 Å². The molecule has 0 saturated heterocycles. The number of hydrogen-bond acceptors (Lipinski definition) is 4. The van der Waals surface area contributed by atoms with Gasteiger partial charge in [0.25, 0.3) is 0 Å². The summed E-state index contributed by atoms with van der Waals surface area (Å²) in [5.74, 6) is 1.71. The van der Waals surface area contributed by atoms with Crippen molar-refractivity contribution in [2.75, 3.05) is 25.2 Å². The van der Waals surface area contributed by atoms with E-state index in [-0.39, 0.29) is 10.8 Å². The maximum atomic E-state index is 12.9. The van der Waals surface area contributed by atoms with Crippen molar-refractivity contribution < 1.29 is 22.6 Å². The van der Waals surface area contributed by atoms with Crippen molar-refractivity contribution in [2.45, 2.75) is 12.6 Å². The lowest BCUT2D eigenvalue weighted by Gasteiger charge is -2.31. The number of fused-ring (bicyclic) bond motifs is 1. The van der Waals surface area contributed by atoms with E-state index in [1.165, 1.54) is 0 Å². The van der Waals surface area contributed by atoms with Gasteiger partial charge in [0.2, 0.25) is 0 Å². The Hall–Kier alpha value is -2.93. The van der Waals surface area contributed by atoms with Gasteiger partial charge in [0.05, 0.1) is 29.9 Å². The van der Waals surface area contributed by atoms with Crippen LogP contribution in [-0.4, -0.2) is 25.2 Å². The second-order valence-electron chi connectivity index (χ2n) is 6.85. The van der Waals surface area contributed by atoms with Crippen LogP contribution >= 0.6 is 11.6 Å². The van der Waals surface area contributed by atoms with E-state index in [9.17, 15) is 13.2 Å². The highest BCUT2D eigenvalue weighted by Crippen LogP contribution is 2.40. The second kappa shape index (κ2) is 8.07. The molecule has 0 N–H and O–H groups in total. The average molecular weight is 435 g/mol. The third kappa shape index (κ3) is 4.16. The summed E-state index contributed by atoms with van der Waals surface area (Å²) in [5.41, 5.74) is 2.01. The quantitative estimate of drug-likeness (QED) is 0.513. The Labute approximate surface area is 176 Å². The molecule has 0 fully saturated rings. The van der Waals surface area contributed by atoms with Crippen LogP contribution in [0.2, 0.25) is 5.02 Å². The van der Waals surface area contributed by atoms with E-state index in [0.29, 0.717) is 31.0 Å². The van der Waals surface area contributed by atoms with Crippen LogP contribution in [0.5, 0.6) is 11.5 Å². The lowest BCUT2D eigenvalue weighted by Crippen LogP contribution is -2.29. The van der Waals surface area contributed by atoms with Crippen LogP contribution < -0.4 is 14.4 Å². The number of hydrogen-bond donors (Lipinski definition) is 0. The molecule has 0 spiro atoms. The molecule has 0 aliphatic carbocycles. The molecule has 2 aromatic carbocycles. The van der Waals surface area contributed by atoms with Crippen molar-refractivity contribution in [2.24, 2.45) is 0 Å². The Morgan fingerprint density at radius 2 is 1.83 bits per heavy atom. The number of ether oxygens (including phenoxy) is 2. The van der Waals surface area contributed by atoms with Crippen molar-refractivity contribution in [3.63, 3.8) is 0 Å². The van der Waals surface area contributed by atoms with Crippen molar-refractivity contribution in [3.05, 3.63) is 76.4 Å². The second-order valence-corrected chi connectivity index (χ2v) is 7.26. The van der Waals surface area contributed by atoms with Crippen LogP contribution in [0.1, 0.15) is 16.7 Å². The molecule has 2 heterocycles. The van der Waals surface area contributed by atoms with Crippen molar-refractivity contribution in [1.82, 2.24) is 4.98 Å². The van der Waals surface area contributed by atoms with Gasteiger partial charge in [-0.05, 0) is 47.9 Å². The lowest BCUT2D eigenvalue weighted by atomic mass is 10.0. The summed E-state index contributed by atoms with van der Waals surface area (Å²) in [6.45, 7) is 0.806. The molecule has 4 rings (SSSR count). The van der Waals surface area contributed by atoms with E-state index >= 15 is 0 Å². The number of pyridine rings is 1. The van der Waals surface area contributed by atoms with Gasteiger partial charge in [-0.25, -0.2) is 4.98 Å². The van der Waals surface area contributed by atoms with E-state index in [1.807, 2.05) is 42.5 Å². The van der Waals surface area contributed by atoms with Gasteiger partial charge in [-0.1, -0.05) is 29.8 Å². The minimum atomic E-state index is -4.49. The molecule has 1 aromatic heterocycles. The van der Waals surface area contributed by atoms with E-state index in [4.69, 9.17) is 21.1 Å². The number of aromatic nitrogens is 1. The summed E-state index contributed by atoms with van der Waals surface area (Å²) in [5, 5.41) is -0.0556. The van der Waals surface area contributed by atoms with Gasteiger partial charge in [0.1, 0.15) is 18.1 Å². The monoisotopic (exact) mass is 434 g/mol. The molecule has 30 heavy (non-hydrogen) atoms. The van der Waals surface area contributed by atoms with Gasteiger partial charge in [0.15, 0.2) is 5.82 Å². The molecule has 3 aromatic rings. The fourth-order valence-corrected chi connectivity index (χ4v) is 3.63. The number of benzene rings is 2. The van der Waals surface area contributed by atoms with Gasteiger partial charge in [-0.15, -0.1) is 0 Å². The Kier molecular flexibility index (Phi) is 5.47. The molecule has 0 amide bonds. The molecule has 1 aliphatic rings. The van der Waals surface area contributed by atoms with Crippen LogP contribution in [0.15, 0.2) is 54.7 Å². The van der Waals surface area contributed by atoms with Gasteiger partial charge >= 0.3 is 6.18 Å². The standard InChI is InChI=1S/C22H18ClF3N2O2/c1-29-17-5-2-14(3-6-17)10-15-4-7-19-20(11-15)30-9-8-28(19)21-18(23)12-16(13-27-21)22(24,25)26/h2-7,11-13H,8-10H2,1H3. The number of rotatable bonds is 4. The highest BCUT2D eigenvalue weighted by Gasteiger charge is 2.32. The topological polar surface area (TPSA) is 34.6 Å². The minimum Gasteiger partial charge on any atom is -0.497 e. The Bertz CT molecular complexity index is 1060. The first-order valence-corrected chi connectivity index (χ1v) is 9.62. The van der Waals surface area contributed by atoms with Gasteiger partial charge in [0, 0.05) is 6.20 Å². The molecule has 1 aliphatic heterocycles. The zero-order valence-corrected chi connectivity index (χ0v) is 16.8. The number of anilines is 2. The predicted octanol–water partition coefficient (Wildman–Crippen LogP) is 5.88. The molecule has 0 saturated carbocycles. The van der Waals surface area contributed by atoms with E-state index in [2.05, 4.69) is 4.98 Å². The number of methoxy groups -OCH3 is 1. The van der Waals surface area contributed by atoms with Crippen LogP contribution in [-0.2, 0) is 12.6 Å². The fourth-order valence-electron chi connectivity index (χ4n) is 3.36. The Morgan fingerprint density at radius 1 is 1.10 bits per heavy atom. The molecular weight excluding hydrogens is 417 g/mol. The molecule has 8 heteroatoms. The Morgan fingerprint density at radius 3 is 2.50 bits per heavy atom. The van der Waals surface area contributed by atoms with Crippen LogP contribution in [0, 0.1) is 0 Å². The maximum Gasteiger partial charge on any atom is 0.417 e. The third-order valence-electron chi connectivity index (χ3n) is 4.86. The summed E-state index contributed by atoms with van der Waals surface area (Å²) >= 11 is 6.14. The zero-order valence-electron chi connectivity index (χ0n) is 16.0. The summed E-state index contributed by atoms with van der Waals surface area (Å²) in [6, 6.07) is 14.5. The molecule has 0 bridgehead atoms. The summed E-state index contributed by atoms with van der Waals surface area (Å²) in [6.07, 6.45) is -2.98. The zero-order chi connectivity index (χ0) is 21.3. The lowest BCUT2D eigenvalue weighted by molar-refractivity contribution is -0.137. The molecule has 156 valence electrons. The normalized spacial score (nSPS) is 13.6. The van der Waals surface area contributed by atoms with Crippen LogP contribution in [0.3, 0.4) is 0 Å². The first-order valence-electron chi connectivity index (χ1n) is 9.24. The predicted molar refractivity (Wildman–Crippen MR) is 109 cm³/mol. The molecule has 0 unspecified atom stereocenters. The van der Waals surface area contributed by atoms with E-state index < -0.39 is 11.7 Å². The van der Waals surface area contributed by atoms with Crippen LogP contribution in [0.25, 0.3) is 0 Å². The van der Waals surface area contributed by atoms with Gasteiger partial charge in [-0.2, -0.15) is 13.2 Å². The SMILES string of the molecule is COc1ccc(Cc2ccc3c(c2)OCCN3c2ncc(C(F)(F)F)cc2Cl)cc1. The molecule has 0 radical (unpaired) electrons. The first kappa shape index (κ1) is 20.3. The average Bonchev–Trinajstić information content (AvgIpc) is 2.73. The van der Waals surface area contributed by atoms with Crippen molar-refractivity contribution in [3.8, 4) is 11.5 Å². The van der Waals surface area contributed by atoms with E-state index in [1.54, 1.807) is 12.0 Å². The number of halogens is 4. The number of alkyl halides is 3. The molecule has 4 nitrogen and oxygen atoms in total. The van der Waals surface area contributed by atoms with Gasteiger partial charge < -0.3 is 14.4 Å². The fraction of sp³-hybridized carbons (Fsp3) is 0.227. The van der Waals surface area contributed by atoms with Gasteiger partial charge in [-0.3, -0.25) is 0 Å². The first-order chi connectivity index (χ1) is 14.3. The van der Waals surface area contributed by atoms with E-state index in [0.717, 1.165) is 29.1 Å². The summed E-state index contributed by atoms with van der Waals surface area (Å²) in [7, 11) is 1.62. The molecule has 0 atom stereocenters. The molecular formula is C22H18ClF3N2O2. The summed E-state index contributed by atoms with van der Waals surface area (Å²) < 4.78 is 49.7. The highest BCUT2D eigenvalue weighted by molar-refractivity contribution is 6.33. The Balaban J connectivity index is 1.60. The highest BCUT2D eigenvalue weighted by atomic mass is 35.5.